The van der Waals surface area contributed by atoms with Crippen molar-refractivity contribution in [2.24, 2.45) is 5.73 Å². The zero-order valence-corrected chi connectivity index (χ0v) is 11.3. The van der Waals surface area contributed by atoms with Crippen LogP contribution in [0.5, 0.6) is 0 Å². The number of likely N-dealkylation sites (N-methyl/N-ethyl adjacent to an activating group) is 1. The van der Waals surface area contributed by atoms with E-state index in [1.54, 1.807) is 12.1 Å². The lowest BCUT2D eigenvalue weighted by Crippen LogP contribution is -2.38. The van der Waals surface area contributed by atoms with E-state index in [0.717, 1.165) is 5.56 Å². The normalized spacial score (nSPS) is 11.9. The predicted molar refractivity (Wildman–Crippen MR) is 77.8 cm³/mol. The summed E-state index contributed by atoms with van der Waals surface area (Å²) in [4.78, 5) is 14.0. The van der Waals surface area contributed by atoms with Crippen LogP contribution >= 0.6 is 0 Å². The highest BCUT2D eigenvalue weighted by Crippen LogP contribution is 2.20. The first-order valence-corrected chi connectivity index (χ1v) is 6.51. The first-order valence-electron chi connectivity index (χ1n) is 6.51. The quantitative estimate of drug-likeness (QED) is 0.930. The third-order valence-corrected chi connectivity index (χ3v) is 3.13. The van der Waals surface area contributed by atoms with Crippen LogP contribution in [0, 0.1) is 5.82 Å². The van der Waals surface area contributed by atoms with E-state index in [2.05, 4.69) is 0 Å². The van der Waals surface area contributed by atoms with Crippen molar-refractivity contribution in [1.82, 2.24) is 0 Å². The highest BCUT2D eigenvalue weighted by atomic mass is 19.1. The molecule has 0 aliphatic carbocycles. The van der Waals surface area contributed by atoms with E-state index in [4.69, 9.17) is 5.73 Å². The number of amides is 1. The van der Waals surface area contributed by atoms with E-state index < -0.39 is 6.04 Å². The molecule has 20 heavy (non-hydrogen) atoms. The van der Waals surface area contributed by atoms with Gasteiger partial charge >= 0.3 is 0 Å². The molecule has 2 aromatic carbocycles. The van der Waals surface area contributed by atoms with Crippen LogP contribution in [0.2, 0.25) is 0 Å². The maximum absolute atomic E-state index is 13.3. The lowest BCUT2D eigenvalue weighted by molar-refractivity contribution is -0.119. The SMILES string of the molecule is CCN(C(=O)[C@@H](N)c1ccccc1)c1cccc(F)c1. The number of hydrogen-bond donors (Lipinski definition) is 1. The minimum absolute atomic E-state index is 0.246. The Balaban J connectivity index is 2.26. The van der Waals surface area contributed by atoms with E-state index in [0.29, 0.717) is 12.2 Å². The number of halogens is 1. The van der Waals surface area contributed by atoms with Gasteiger partial charge in [0.05, 0.1) is 0 Å². The third-order valence-electron chi connectivity index (χ3n) is 3.13. The van der Waals surface area contributed by atoms with Crippen LogP contribution in [-0.4, -0.2) is 12.5 Å². The molecule has 0 aliphatic heterocycles. The van der Waals surface area contributed by atoms with E-state index in [1.807, 2.05) is 37.3 Å². The Hall–Kier alpha value is -2.20. The van der Waals surface area contributed by atoms with Crippen LogP contribution in [0.3, 0.4) is 0 Å². The summed E-state index contributed by atoms with van der Waals surface area (Å²) in [6.07, 6.45) is 0. The zero-order chi connectivity index (χ0) is 14.5. The molecule has 0 heterocycles. The van der Waals surface area contributed by atoms with Gasteiger partial charge in [0.1, 0.15) is 11.9 Å². The van der Waals surface area contributed by atoms with Gasteiger partial charge in [0, 0.05) is 12.2 Å². The lowest BCUT2D eigenvalue weighted by atomic mass is 10.1. The Kier molecular flexibility index (Phi) is 4.48. The van der Waals surface area contributed by atoms with E-state index in [9.17, 15) is 9.18 Å². The molecule has 2 N–H and O–H groups in total. The average Bonchev–Trinajstić information content (AvgIpc) is 2.48. The predicted octanol–water partition coefficient (Wildman–Crippen LogP) is 2.88. The fraction of sp³-hybridized carbons (Fsp3) is 0.188. The summed E-state index contributed by atoms with van der Waals surface area (Å²) in [5, 5.41) is 0. The molecule has 0 unspecified atom stereocenters. The van der Waals surface area contributed by atoms with E-state index in [-0.39, 0.29) is 11.7 Å². The number of carbonyl (C=O) groups excluding carboxylic acids is 1. The molecule has 0 aromatic heterocycles. The second-order valence-corrected chi connectivity index (χ2v) is 4.45. The molecular weight excluding hydrogens is 255 g/mol. The number of nitrogens with zero attached hydrogens (tertiary/aromatic N) is 1. The highest BCUT2D eigenvalue weighted by Gasteiger charge is 2.22. The number of nitrogens with two attached hydrogens (primary N) is 1. The summed E-state index contributed by atoms with van der Waals surface area (Å²) in [6, 6.07) is 14.4. The van der Waals surface area contributed by atoms with Crippen LogP contribution in [0.1, 0.15) is 18.5 Å². The van der Waals surface area contributed by atoms with Crippen LogP contribution in [0.15, 0.2) is 54.6 Å². The Morgan fingerprint density at radius 2 is 1.90 bits per heavy atom. The van der Waals surface area contributed by atoms with Crippen LogP contribution in [0.25, 0.3) is 0 Å². The smallest absolute Gasteiger partial charge is 0.248 e. The molecule has 0 saturated heterocycles. The molecule has 0 spiro atoms. The molecule has 0 aliphatic rings. The van der Waals surface area contributed by atoms with Crippen molar-refractivity contribution in [3.63, 3.8) is 0 Å². The van der Waals surface area contributed by atoms with Crippen LogP contribution < -0.4 is 10.6 Å². The molecule has 4 heteroatoms. The molecule has 3 nitrogen and oxygen atoms in total. The molecule has 0 saturated carbocycles. The van der Waals surface area contributed by atoms with E-state index in [1.165, 1.54) is 17.0 Å². The first kappa shape index (κ1) is 14.2. The van der Waals surface area contributed by atoms with Gasteiger partial charge < -0.3 is 10.6 Å². The number of benzene rings is 2. The van der Waals surface area contributed by atoms with Crippen molar-refractivity contribution < 1.29 is 9.18 Å². The number of rotatable bonds is 4. The summed E-state index contributed by atoms with van der Waals surface area (Å²) in [7, 11) is 0. The van der Waals surface area contributed by atoms with Crippen molar-refractivity contribution in [2.75, 3.05) is 11.4 Å². The lowest BCUT2D eigenvalue weighted by Gasteiger charge is -2.24. The number of hydrogen-bond acceptors (Lipinski definition) is 2. The van der Waals surface area contributed by atoms with Crippen molar-refractivity contribution in [3.8, 4) is 0 Å². The Morgan fingerprint density at radius 1 is 1.20 bits per heavy atom. The summed E-state index contributed by atoms with van der Waals surface area (Å²) in [5.41, 5.74) is 7.27. The maximum Gasteiger partial charge on any atom is 0.248 e. The van der Waals surface area contributed by atoms with Gasteiger partial charge in [-0.3, -0.25) is 4.79 Å². The summed E-state index contributed by atoms with van der Waals surface area (Å²) in [5.74, 6) is -0.619. The highest BCUT2D eigenvalue weighted by molar-refractivity contribution is 5.97. The molecular formula is C16H17FN2O. The van der Waals surface area contributed by atoms with Crippen molar-refractivity contribution in [2.45, 2.75) is 13.0 Å². The third kappa shape index (κ3) is 3.03. The van der Waals surface area contributed by atoms with Gasteiger partial charge in [-0.05, 0) is 30.7 Å². The Labute approximate surface area is 117 Å². The molecule has 2 rings (SSSR count). The minimum Gasteiger partial charge on any atom is -0.316 e. The van der Waals surface area contributed by atoms with Crippen LogP contribution in [0.4, 0.5) is 10.1 Å². The fourth-order valence-corrected chi connectivity index (χ4v) is 2.08. The first-order chi connectivity index (χ1) is 9.63. The summed E-state index contributed by atoms with van der Waals surface area (Å²) < 4.78 is 13.3. The monoisotopic (exact) mass is 272 g/mol. The van der Waals surface area contributed by atoms with Gasteiger partial charge in [0.25, 0.3) is 0 Å². The van der Waals surface area contributed by atoms with Gasteiger partial charge in [0.15, 0.2) is 0 Å². The van der Waals surface area contributed by atoms with Crippen LogP contribution in [-0.2, 0) is 4.79 Å². The molecule has 1 amide bonds. The Morgan fingerprint density at radius 3 is 2.50 bits per heavy atom. The standard InChI is InChI=1S/C16H17FN2O/c1-2-19(14-10-6-9-13(17)11-14)16(20)15(18)12-7-4-3-5-8-12/h3-11,15H,2,18H2,1H3/t15-/m0/s1. The topological polar surface area (TPSA) is 46.3 Å². The summed E-state index contributed by atoms with van der Waals surface area (Å²) >= 11 is 0. The van der Waals surface area contributed by atoms with Gasteiger partial charge in [-0.15, -0.1) is 0 Å². The largest absolute Gasteiger partial charge is 0.316 e. The fourth-order valence-electron chi connectivity index (χ4n) is 2.08. The van der Waals surface area contributed by atoms with Gasteiger partial charge in [-0.2, -0.15) is 0 Å². The molecule has 2 aromatic rings. The average molecular weight is 272 g/mol. The van der Waals surface area contributed by atoms with Crippen molar-refractivity contribution in [3.05, 3.63) is 66.0 Å². The number of anilines is 1. The molecule has 0 bridgehead atoms. The minimum atomic E-state index is -0.751. The van der Waals surface area contributed by atoms with Gasteiger partial charge in [-0.1, -0.05) is 36.4 Å². The maximum atomic E-state index is 13.3. The van der Waals surface area contributed by atoms with Gasteiger partial charge in [0.2, 0.25) is 5.91 Å². The molecule has 104 valence electrons. The van der Waals surface area contributed by atoms with E-state index >= 15 is 0 Å². The van der Waals surface area contributed by atoms with Crippen molar-refractivity contribution >= 4 is 11.6 Å². The molecule has 0 radical (unpaired) electrons. The Bertz CT molecular complexity index is 586. The second kappa shape index (κ2) is 6.30. The zero-order valence-electron chi connectivity index (χ0n) is 11.3. The molecule has 0 fully saturated rings. The summed E-state index contributed by atoms with van der Waals surface area (Å²) in [6.45, 7) is 2.27. The van der Waals surface area contributed by atoms with Gasteiger partial charge in [-0.25, -0.2) is 4.39 Å². The molecule has 1 atom stereocenters. The number of carbonyl (C=O) groups is 1. The second-order valence-electron chi connectivity index (χ2n) is 4.45. The van der Waals surface area contributed by atoms with Crippen molar-refractivity contribution in [1.29, 1.82) is 0 Å².